The fourth-order valence-electron chi connectivity index (χ4n) is 3.11. The average molecular weight is 292 g/mol. The van der Waals surface area contributed by atoms with Crippen molar-refractivity contribution in [2.45, 2.75) is 18.9 Å². The van der Waals surface area contributed by atoms with Crippen LogP contribution < -0.4 is 0 Å². The lowest BCUT2D eigenvalue weighted by atomic mass is 10.1. The van der Waals surface area contributed by atoms with Gasteiger partial charge in [-0.3, -0.25) is 9.20 Å². The molecular weight excluding hydrogens is 276 g/mol. The molecule has 1 amide bonds. The Morgan fingerprint density at radius 2 is 1.86 bits per heavy atom. The maximum Gasteiger partial charge on any atom is 0.254 e. The third-order valence-corrected chi connectivity index (χ3v) is 4.17. The summed E-state index contributed by atoms with van der Waals surface area (Å²) in [6, 6.07) is 15.2. The zero-order chi connectivity index (χ0) is 14.9. The molecule has 0 N–H and O–H groups in total. The first-order chi connectivity index (χ1) is 10.8. The third kappa shape index (κ3) is 2.06. The molecule has 1 unspecified atom stereocenters. The van der Waals surface area contributed by atoms with Crippen molar-refractivity contribution in [3.63, 3.8) is 0 Å². The van der Waals surface area contributed by atoms with Gasteiger partial charge in [0.05, 0.1) is 6.04 Å². The number of pyridine rings is 1. The Kier molecular flexibility index (Phi) is 3.11. The summed E-state index contributed by atoms with van der Waals surface area (Å²) < 4.78 is 1.97. The van der Waals surface area contributed by atoms with Gasteiger partial charge in [0, 0.05) is 18.3 Å². The first-order valence-electron chi connectivity index (χ1n) is 7.50. The minimum Gasteiger partial charge on any atom is -0.328 e. The minimum atomic E-state index is -0.00916. The molecule has 0 spiro atoms. The maximum atomic E-state index is 12.8. The van der Waals surface area contributed by atoms with E-state index in [0.717, 1.165) is 36.4 Å². The molecule has 5 heteroatoms. The highest BCUT2D eigenvalue weighted by Crippen LogP contribution is 2.32. The van der Waals surface area contributed by atoms with Gasteiger partial charge in [-0.2, -0.15) is 0 Å². The molecule has 1 saturated heterocycles. The highest BCUT2D eigenvalue weighted by molar-refractivity contribution is 5.94. The van der Waals surface area contributed by atoms with Gasteiger partial charge >= 0.3 is 0 Å². The third-order valence-electron chi connectivity index (χ3n) is 4.17. The molecule has 0 bridgehead atoms. The molecule has 0 radical (unpaired) electrons. The van der Waals surface area contributed by atoms with Crippen LogP contribution in [0.1, 0.15) is 35.1 Å². The van der Waals surface area contributed by atoms with Crippen molar-refractivity contribution in [2.24, 2.45) is 0 Å². The van der Waals surface area contributed by atoms with E-state index in [9.17, 15) is 4.79 Å². The van der Waals surface area contributed by atoms with Crippen molar-refractivity contribution >= 4 is 11.6 Å². The number of rotatable bonds is 2. The van der Waals surface area contributed by atoms with Gasteiger partial charge in [-0.15, -0.1) is 10.2 Å². The first-order valence-corrected chi connectivity index (χ1v) is 7.50. The molecule has 1 aliphatic rings. The van der Waals surface area contributed by atoms with Gasteiger partial charge in [-0.05, 0) is 37.1 Å². The molecule has 22 heavy (non-hydrogen) atoms. The van der Waals surface area contributed by atoms with E-state index in [1.165, 1.54) is 0 Å². The van der Waals surface area contributed by atoms with Crippen molar-refractivity contribution in [1.82, 2.24) is 19.5 Å². The zero-order valence-electron chi connectivity index (χ0n) is 12.1. The molecule has 4 rings (SSSR count). The number of amides is 1. The molecule has 0 aliphatic carbocycles. The second-order valence-corrected chi connectivity index (χ2v) is 5.51. The lowest BCUT2D eigenvalue weighted by Gasteiger charge is -2.23. The van der Waals surface area contributed by atoms with Crippen molar-refractivity contribution in [3.05, 3.63) is 66.1 Å². The number of nitrogens with zero attached hydrogens (tertiary/aromatic N) is 4. The van der Waals surface area contributed by atoms with Gasteiger partial charge in [0.1, 0.15) is 0 Å². The van der Waals surface area contributed by atoms with Crippen LogP contribution in [0.4, 0.5) is 0 Å². The number of benzene rings is 1. The standard InChI is InChI=1S/C17H16N4O/c22-17(13-7-2-1-3-8-13)20-12-6-9-14(20)16-19-18-15-10-4-5-11-21(15)16/h1-5,7-8,10-11,14H,6,9,12H2. The molecule has 110 valence electrons. The fraction of sp³-hybridized carbons (Fsp3) is 0.235. The quantitative estimate of drug-likeness (QED) is 0.729. The lowest BCUT2D eigenvalue weighted by molar-refractivity contribution is 0.0729. The van der Waals surface area contributed by atoms with Crippen LogP contribution in [0.2, 0.25) is 0 Å². The van der Waals surface area contributed by atoms with Crippen LogP contribution in [-0.4, -0.2) is 31.9 Å². The molecule has 1 fully saturated rings. The summed E-state index contributed by atoms with van der Waals surface area (Å²) >= 11 is 0. The second kappa shape index (κ2) is 5.26. The van der Waals surface area contributed by atoms with Gasteiger partial charge in [-0.25, -0.2) is 0 Å². The summed E-state index contributed by atoms with van der Waals surface area (Å²) in [6.45, 7) is 0.764. The van der Waals surface area contributed by atoms with E-state index in [-0.39, 0.29) is 11.9 Å². The molecule has 5 nitrogen and oxygen atoms in total. The summed E-state index contributed by atoms with van der Waals surface area (Å²) in [5.41, 5.74) is 1.54. The topological polar surface area (TPSA) is 50.5 Å². The summed E-state index contributed by atoms with van der Waals surface area (Å²) in [6.07, 6.45) is 3.87. The molecule has 0 saturated carbocycles. The summed E-state index contributed by atoms with van der Waals surface area (Å²) in [4.78, 5) is 14.7. The zero-order valence-corrected chi connectivity index (χ0v) is 12.1. The number of hydrogen-bond acceptors (Lipinski definition) is 3. The van der Waals surface area contributed by atoms with Crippen LogP contribution in [0.25, 0.3) is 5.65 Å². The van der Waals surface area contributed by atoms with E-state index in [1.54, 1.807) is 0 Å². The fourth-order valence-corrected chi connectivity index (χ4v) is 3.11. The Labute approximate surface area is 128 Å². The van der Waals surface area contributed by atoms with Crippen LogP contribution in [0.5, 0.6) is 0 Å². The Morgan fingerprint density at radius 1 is 1.05 bits per heavy atom. The van der Waals surface area contributed by atoms with Gasteiger partial charge < -0.3 is 4.90 Å². The van der Waals surface area contributed by atoms with Crippen LogP contribution in [0.15, 0.2) is 54.7 Å². The molecule has 1 atom stereocenters. The number of carbonyl (C=O) groups is 1. The predicted molar refractivity (Wildman–Crippen MR) is 82.4 cm³/mol. The Balaban J connectivity index is 1.71. The van der Waals surface area contributed by atoms with E-state index in [2.05, 4.69) is 10.2 Å². The highest BCUT2D eigenvalue weighted by atomic mass is 16.2. The number of likely N-dealkylation sites (tertiary alicyclic amines) is 1. The van der Waals surface area contributed by atoms with E-state index in [4.69, 9.17) is 0 Å². The Bertz CT molecular complexity index is 812. The van der Waals surface area contributed by atoms with Gasteiger partial charge in [-0.1, -0.05) is 24.3 Å². The minimum absolute atomic E-state index is 0.00916. The Hall–Kier alpha value is -2.69. The van der Waals surface area contributed by atoms with Crippen molar-refractivity contribution in [3.8, 4) is 0 Å². The van der Waals surface area contributed by atoms with Gasteiger partial charge in [0.2, 0.25) is 0 Å². The number of hydrogen-bond donors (Lipinski definition) is 0. The largest absolute Gasteiger partial charge is 0.328 e. The van der Waals surface area contributed by atoms with Gasteiger partial charge in [0.25, 0.3) is 5.91 Å². The lowest BCUT2D eigenvalue weighted by Crippen LogP contribution is -2.31. The molecule has 3 heterocycles. The van der Waals surface area contributed by atoms with E-state index >= 15 is 0 Å². The molecule has 3 aromatic rings. The molecular formula is C17H16N4O. The SMILES string of the molecule is O=C(c1ccccc1)N1CCCC1c1nnc2ccccn12. The van der Waals surface area contributed by atoms with E-state index < -0.39 is 0 Å². The van der Waals surface area contributed by atoms with Crippen LogP contribution in [-0.2, 0) is 0 Å². The van der Waals surface area contributed by atoms with Crippen LogP contribution in [0, 0.1) is 0 Å². The smallest absolute Gasteiger partial charge is 0.254 e. The Morgan fingerprint density at radius 3 is 2.73 bits per heavy atom. The predicted octanol–water partition coefficient (Wildman–Crippen LogP) is 2.71. The number of carbonyl (C=O) groups excluding carboxylic acids is 1. The maximum absolute atomic E-state index is 12.8. The average Bonchev–Trinajstić information content (AvgIpc) is 3.21. The molecule has 1 aromatic carbocycles. The van der Waals surface area contributed by atoms with Crippen molar-refractivity contribution in [1.29, 1.82) is 0 Å². The number of fused-ring (bicyclic) bond motifs is 1. The van der Waals surface area contributed by atoms with E-state index in [1.807, 2.05) is 64.0 Å². The summed E-state index contributed by atoms with van der Waals surface area (Å²) in [5.74, 6) is 0.910. The van der Waals surface area contributed by atoms with Crippen molar-refractivity contribution in [2.75, 3.05) is 6.54 Å². The van der Waals surface area contributed by atoms with E-state index in [0.29, 0.717) is 0 Å². The number of aromatic nitrogens is 3. The first kappa shape index (κ1) is 13.0. The highest BCUT2D eigenvalue weighted by Gasteiger charge is 2.33. The second-order valence-electron chi connectivity index (χ2n) is 5.51. The molecule has 2 aromatic heterocycles. The normalized spacial score (nSPS) is 18.0. The summed E-state index contributed by atoms with van der Waals surface area (Å²) in [5, 5.41) is 8.53. The van der Waals surface area contributed by atoms with Gasteiger partial charge in [0.15, 0.2) is 11.5 Å². The summed E-state index contributed by atoms with van der Waals surface area (Å²) in [7, 11) is 0. The van der Waals surface area contributed by atoms with Crippen LogP contribution in [0.3, 0.4) is 0 Å². The monoisotopic (exact) mass is 292 g/mol. The van der Waals surface area contributed by atoms with Crippen molar-refractivity contribution < 1.29 is 4.79 Å². The van der Waals surface area contributed by atoms with Crippen LogP contribution >= 0.6 is 0 Å². The molecule has 1 aliphatic heterocycles.